The molecular weight excluding hydrogens is 620 g/mol. The first kappa shape index (κ1) is 37.4. The topological polar surface area (TPSA) is 117 Å². The first-order chi connectivity index (χ1) is 23.1. The van der Waals surface area contributed by atoms with Crippen molar-refractivity contribution in [1.82, 2.24) is 20.4 Å². The highest BCUT2D eigenvalue weighted by molar-refractivity contribution is 5.93. The molecule has 3 aromatic rings. The third kappa shape index (κ3) is 11.6. The van der Waals surface area contributed by atoms with E-state index in [0.29, 0.717) is 18.9 Å². The van der Waals surface area contributed by atoms with E-state index >= 15 is 0 Å². The van der Waals surface area contributed by atoms with Crippen LogP contribution in [0.5, 0.6) is 0 Å². The molecule has 0 aliphatic heterocycles. The van der Waals surface area contributed by atoms with Gasteiger partial charge in [-0.25, -0.2) is 4.79 Å². The minimum Gasteiger partial charge on any atom is -0.444 e. The van der Waals surface area contributed by atoms with Gasteiger partial charge in [0.25, 0.3) is 0 Å². The number of alkyl carbamates (subject to hydrolysis) is 1. The van der Waals surface area contributed by atoms with Crippen molar-refractivity contribution >= 4 is 34.6 Å². The molecule has 0 bridgehead atoms. The first-order valence-electron chi connectivity index (χ1n) is 17.0. The molecule has 1 saturated carbocycles. The number of nitrogens with one attached hydrogen (secondary N) is 2. The maximum atomic E-state index is 14.5. The second-order valence-electron chi connectivity index (χ2n) is 14.8. The van der Waals surface area contributed by atoms with Crippen molar-refractivity contribution in [2.45, 2.75) is 83.5 Å². The summed E-state index contributed by atoms with van der Waals surface area (Å²) in [5.41, 5.74) is 0.337. The van der Waals surface area contributed by atoms with E-state index < -0.39 is 35.2 Å². The van der Waals surface area contributed by atoms with Crippen LogP contribution in [0.2, 0.25) is 0 Å². The van der Waals surface area contributed by atoms with Crippen molar-refractivity contribution in [3.63, 3.8) is 0 Å². The zero-order valence-corrected chi connectivity index (χ0v) is 30.0. The fourth-order valence-electron chi connectivity index (χ4n) is 5.58. The zero-order chi connectivity index (χ0) is 35.8. The molecule has 0 spiro atoms. The molecule has 49 heavy (non-hydrogen) atoms. The van der Waals surface area contributed by atoms with Crippen LogP contribution in [0, 0.1) is 5.92 Å². The lowest BCUT2D eigenvalue weighted by Gasteiger charge is -2.35. The van der Waals surface area contributed by atoms with Gasteiger partial charge < -0.3 is 29.9 Å². The van der Waals surface area contributed by atoms with E-state index in [0.717, 1.165) is 34.7 Å². The van der Waals surface area contributed by atoms with E-state index in [1.807, 2.05) is 72.8 Å². The van der Waals surface area contributed by atoms with Crippen LogP contribution in [0.1, 0.15) is 58.6 Å². The van der Waals surface area contributed by atoms with Crippen LogP contribution >= 0.6 is 0 Å². The standard InChI is InChI=1S/C39H52N4O6/c1-38(2,3)49-37(47)41-39(4,5)26-48-25-34(44)42(6)33(23-29-19-20-30-15-11-12-16-31(30)21-29)36(46)43(7)32(22-27-13-9-8-10-14-27)35(45)40-24-28-17-18-28/h8-16,19-21,28,32-33H,17-18,22-26H2,1-7H3,(H,40,45)(H,41,47)/t32-,33-/m1/s1. The summed E-state index contributed by atoms with van der Waals surface area (Å²) in [6.07, 6.45) is 2.18. The molecule has 0 saturated heterocycles. The summed E-state index contributed by atoms with van der Waals surface area (Å²) in [7, 11) is 3.23. The Hall–Kier alpha value is -4.44. The smallest absolute Gasteiger partial charge is 0.408 e. The van der Waals surface area contributed by atoms with Gasteiger partial charge in [0.1, 0.15) is 24.3 Å². The van der Waals surface area contributed by atoms with Gasteiger partial charge in [-0.05, 0) is 75.3 Å². The number of benzene rings is 3. The van der Waals surface area contributed by atoms with Gasteiger partial charge in [-0.1, -0.05) is 72.8 Å². The molecule has 10 nitrogen and oxygen atoms in total. The van der Waals surface area contributed by atoms with Crippen molar-refractivity contribution in [1.29, 1.82) is 0 Å². The molecule has 0 radical (unpaired) electrons. The number of rotatable bonds is 15. The highest BCUT2D eigenvalue weighted by Gasteiger charge is 2.36. The van der Waals surface area contributed by atoms with E-state index in [4.69, 9.17) is 9.47 Å². The van der Waals surface area contributed by atoms with Gasteiger partial charge in [0.2, 0.25) is 17.7 Å². The number of carbonyl (C=O) groups excluding carboxylic acids is 4. The van der Waals surface area contributed by atoms with Crippen LogP contribution in [-0.4, -0.2) is 90.7 Å². The van der Waals surface area contributed by atoms with Crippen LogP contribution in [0.25, 0.3) is 10.8 Å². The third-order valence-corrected chi connectivity index (χ3v) is 8.57. The number of ether oxygens (including phenoxy) is 2. The van der Waals surface area contributed by atoms with E-state index in [2.05, 4.69) is 10.6 Å². The largest absolute Gasteiger partial charge is 0.444 e. The number of amides is 4. The van der Waals surface area contributed by atoms with E-state index in [1.165, 1.54) is 9.80 Å². The summed E-state index contributed by atoms with van der Waals surface area (Å²) in [5.74, 6) is -0.485. The molecule has 2 atom stereocenters. The van der Waals surface area contributed by atoms with Crippen molar-refractivity contribution in [3.8, 4) is 0 Å². The number of nitrogens with zero attached hydrogens (tertiary/aromatic N) is 2. The highest BCUT2D eigenvalue weighted by atomic mass is 16.6. The van der Waals surface area contributed by atoms with Crippen LogP contribution in [0.3, 0.4) is 0 Å². The quantitative estimate of drug-likeness (QED) is 0.232. The fourth-order valence-corrected chi connectivity index (χ4v) is 5.58. The molecule has 264 valence electrons. The Bertz CT molecular complexity index is 1600. The van der Waals surface area contributed by atoms with Crippen molar-refractivity contribution in [2.24, 2.45) is 5.92 Å². The predicted octanol–water partition coefficient (Wildman–Crippen LogP) is 5.13. The number of hydrogen-bond donors (Lipinski definition) is 2. The van der Waals surface area contributed by atoms with Crippen LogP contribution in [0.15, 0.2) is 72.8 Å². The minimum absolute atomic E-state index is 0.0370. The van der Waals surface area contributed by atoms with Gasteiger partial charge in [0, 0.05) is 33.5 Å². The SMILES string of the molecule is CN(C(=O)COCC(C)(C)NC(=O)OC(C)(C)C)[C@H](Cc1ccc2ccccc2c1)C(=O)N(C)[C@H](Cc1ccccc1)C(=O)NCC1CC1. The van der Waals surface area contributed by atoms with E-state index in [9.17, 15) is 19.2 Å². The maximum absolute atomic E-state index is 14.5. The molecule has 1 aliphatic carbocycles. The fraction of sp³-hybridized carbons (Fsp3) is 0.487. The summed E-state index contributed by atoms with van der Waals surface area (Å²) in [6, 6.07) is 21.9. The van der Waals surface area contributed by atoms with E-state index in [-0.39, 0.29) is 31.4 Å². The minimum atomic E-state index is -0.912. The summed E-state index contributed by atoms with van der Waals surface area (Å²) in [6.45, 7) is 9.19. The zero-order valence-electron chi connectivity index (χ0n) is 30.0. The normalized spacial score (nSPS) is 14.4. The third-order valence-electron chi connectivity index (χ3n) is 8.57. The second-order valence-corrected chi connectivity index (χ2v) is 14.8. The molecule has 1 fully saturated rings. The summed E-state index contributed by atoms with van der Waals surface area (Å²) in [5, 5.41) is 7.93. The molecule has 3 aromatic carbocycles. The molecule has 4 rings (SSSR count). The van der Waals surface area contributed by atoms with Gasteiger partial charge in [-0.15, -0.1) is 0 Å². The van der Waals surface area contributed by atoms with Gasteiger partial charge >= 0.3 is 6.09 Å². The summed E-state index contributed by atoms with van der Waals surface area (Å²) in [4.78, 5) is 56.9. The van der Waals surface area contributed by atoms with Gasteiger partial charge in [-0.2, -0.15) is 0 Å². The monoisotopic (exact) mass is 672 g/mol. The Morgan fingerprint density at radius 3 is 2.08 bits per heavy atom. The number of hydrogen-bond acceptors (Lipinski definition) is 6. The molecule has 0 heterocycles. The number of likely N-dealkylation sites (N-methyl/N-ethyl adjacent to an activating group) is 2. The average Bonchev–Trinajstić information content (AvgIpc) is 3.88. The predicted molar refractivity (Wildman–Crippen MR) is 191 cm³/mol. The van der Waals surface area contributed by atoms with Crippen LogP contribution in [-0.2, 0) is 36.7 Å². The highest BCUT2D eigenvalue weighted by Crippen LogP contribution is 2.28. The number of carbonyl (C=O) groups is 4. The van der Waals surface area contributed by atoms with Gasteiger partial charge in [0.15, 0.2) is 0 Å². The van der Waals surface area contributed by atoms with Crippen molar-refractivity contribution in [3.05, 3.63) is 83.9 Å². The first-order valence-corrected chi connectivity index (χ1v) is 17.0. The van der Waals surface area contributed by atoms with Crippen LogP contribution in [0.4, 0.5) is 4.79 Å². The lowest BCUT2D eigenvalue weighted by atomic mass is 9.98. The summed E-state index contributed by atoms with van der Waals surface area (Å²) >= 11 is 0. The Labute approximate surface area is 290 Å². The Balaban J connectivity index is 1.53. The van der Waals surface area contributed by atoms with Gasteiger partial charge in [-0.3, -0.25) is 14.4 Å². The Kier molecular flexibility index (Phi) is 12.4. The Morgan fingerprint density at radius 2 is 1.43 bits per heavy atom. The lowest BCUT2D eigenvalue weighted by molar-refractivity contribution is -0.149. The molecule has 0 unspecified atom stereocenters. The lowest BCUT2D eigenvalue weighted by Crippen LogP contribution is -2.56. The molecule has 4 amide bonds. The van der Waals surface area contributed by atoms with Crippen molar-refractivity contribution in [2.75, 3.05) is 33.9 Å². The maximum Gasteiger partial charge on any atom is 0.408 e. The average molecular weight is 673 g/mol. The van der Waals surface area contributed by atoms with Crippen molar-refractivity contribution < 1.29 is 28.7 Å². The molecule has 2 N–H and O–H groups in total. The molecule has 10 heteroatoms. The molecular formula is C39H52N4O6. The second kappa shape index (κ2) is 16.3. The Morgan fingerprint density at radius 1 is 0.796 bits per heavy atom. The molecule has 0 aromatic heterocycles. The summed E-state index contributed by atoms with van der Waals surface area (Å²) < 4.78 is 11.1. The van der Waals surface area contributed by atoms with E-state index in [1.54, 1.807) is 48.7 Å². The van der Waals surface area contributed by atoms with Gasteiger partial charge in [0.05, 0.1) is 12.1 Å². The molecule has 1 aliphatic rings. The van der Waals surface area contributed by atoms with Crippen LogP contribution < -0.4 is 10.6 Å². The number of fused-ring (bicyclic) bond motifs is 1.